The van der Waals surface area contributed by atoms with Gasteiger partial charge in [-0.05, 0) is 18.4 Å². The summed E-state index contributed by atoms with van der Waals surface area (Å²) < 4.78 is 2.19. The Morgan fingerprint density at radius 1 is 1.38 bits per heavy atom. The summed E-state index contributed by atoms with van der Waals surface area (Å²) >= 11 is 0. The van der Waals surface area contributed by atoms with E-state index in [4.69, 9.17) is 0 Å². The van der Waals surface area contributed by atoms with Gasteiger partial charge in [0.15, 0.2) is 5.78 Å². The highest BCUT2D eigenvalue weighted by Crippen LogP contribution is 2.28. The lowest BCUT2D eigenvalue weighted by Crippen LogP contribution is -2.01. The first-order valence-corrected chi connectivity index (χ1v) is 4.83. The van der Waals surface area contributed by atoms with E-state index in [0.717, 1.165) is 12.0 Å². The molecule has 0 saturated heterocycles. The smallest absolute Gasteiger partial charge is 0.165 e. The molecule has 0 N–H and O–H groups in total. The molecule has 0 atom stereocenters. The van der Waals surface area contributed by atoms with Gasteiger partial charge < -0.3 is 4.57 Å². The number of ketones is 1. The SMILES string of the molecule is CC(C)c1cc2c(n1C)CCC2=O. The normalized spacial score (nSPS) is 15.5. The molecule has 1 aliphatic rings. The number of carbonyl (C=O) groups excluding carboxylic acids is 1. The molecule has 0 spiro atoms. The summed E-state index contributed by atoms with van der Waals surface area (Å²) in [5.74, 6) is 0.820. The summed E-state index contributed by atoms with van der Waals surface area (Å²) in [6, 6.07) is 2.06. The van der Waals surface area contributed by atoms with E-state index in [0.29, 0.717) is 18.1 Å². The van der Waals surface area contributed by atoms with Crippen LogP contribution in [0.4, 0.5) is 0 Å². The number of nitrogens with zero attached hydrogens (tertiary/aromatic N) is 1. The molecule has 2 rings (SSSR count). The molecule has 0 bridgehead atoms. The van der Waals surface area contributed by atoms with Gasteiger partial charge in [0.2, 0.25) is 0 Å². The first kappa shape index (κ1) is 8.54. The van der Waals surface area contributed by atoms with E-state index < -0.39 is 0 Å². The summed E-state index contributed by atoms with van der Waals surface area (Å²) in [5.41, 5.74) is 3.47. The average Bonchev–Trinajstić information content (AvgIpc) is 2.55. The molecule has 0 radical (unpaired) electrons. The fourth-order valence-corrected chi connectivity index (χ4v) is 2.13. The monoisotopic (exact) mass is 177 g/mol. The van der Waals surface area contributed by atoms with Gasteiger partial charge in [0, 0.05) is 30.4 Å². The largest absolute Gasteiger partial charge is 0.351 e. The predicted octanol–water partition coefficient (Wildman–Crippen LogP) is 2.28. The summed E-state index contributed by atoms with van der Waals surface area (Å²) in [6.45, 7) is 4.32. The number of hydrogen-bond acceptors (Lipinski definition) is 1. The number of hydrogen-bond donors (Lipinski definition) is 0. The summed E-state index contributed by atoms with van der Waals surface area (Å²) in [6.07, 6.45) is 1.63. The van der Waals surface area contributed by atoms with Gasteiger partial charge in [-0.25, -0.2) is 0 Å². The minimum atomic E-state index is 0.317. The highest BCUT2D eigenvalue weighted by atomic mass is 16.1. The van der Waals surface area contributed by atoms with Crippen LogP contribution in [-0.2, 0) is 13.5 Å². The fourth-order valence-electron chi connectivity index (χ4n) is 2.13. The number of Topliss-reactive ketones (excluding diaryl/α,β-unsaturated/α-hetero) is 1. The van der Waals surface area contributed by atoms with Gasteiger partial charge in [0.1, 0.15) is 0 Å². The highest BCUT2D eigenvalue weighted by Gasteiger charge is 2.25. The van der Waals surface area contributed by atoms with Crippen molar-refractivity contribution in [1.82, 2.24) is 4.57 Å². The molecule has 0 aromatic carbocycles. The minimum absolute atomic E-state index is 0.317. The number of rotatable bonds is 1. The second-order valence-corrected chi connectivity index (χ2v) is 4.07. The first-order chi connectivity index (χ1) is 6.11. The maximum Gasteiger partial charge on any atom is 0.165 e. The molecule has 70 valence electrons. The van der Waals surface area contributed by atoms with E-state index in [2.05, 4.69) is 31.5 Å². The van der Waals surface area contributed by atoms with E-state index >= 15 is 0 Å². The Labute approximate surface area is 78.6 Å². The quantitative estimate of drug-likeness (QED) is 0.645. The van der Waals surface area contributed by atoms with Gasteiger partial charge >= 0.3 is 0 Å². The zero-order valence-corrected chi connectivity index (χ0v) is 8.42. The molecule has 0 fully saturated rings. The second-order valence-electron chi connectivity index (χ2n) is 4.07. The highest BCUT2D eigenvalue weighted by molar-refractivity contribution is 6.00. The fraction of sp³-hybridized carbons (Fsp3) is 0.545. The molecule has 13 heavy (non-hydrogen) atoms. The Bertz CT molecular complexity index is 360. The maximum absolute atomic E-state index is 11.4. The topological polar surface area (TPSA) is 22.0 Å². The van der Waals surface area contributed by atoms with Crippen LogP contribution in [0.15, 0.2) is 6.07 Å². The molecule has 0 amide bonds. The molecule has 0 unspecified atom stereocenters. The average molecular weight is 177 g/mol. The van der Waals surface area contributed by atoms with Gasteiger partial charge in [-0.1, -0.05) is 13.8 Å². The van der Waals surface area contributed by atoms with Crippen molar-refractivity contribution >= 4 is 5.78 Å². The van der Waals surface area contributed by atoms with Gasteiger partial charge in [0.25, 0.3) is 0 Å². The molecule has 0 saturated carbocycles. The van der Waals surface area contributed by atoms with Crippen molar-refractivity contribution in [2.45, 2.75) is 32.6 Å². The van der Waals surface area contributed by atoms with Crippen LogP contribution in [0.1, 0.15) is 47.9 Å². The van der Waals surface area contributed by atoms with Crippen LogP contribution in [0.2, 0.25) is 0 Å². The van der Waals surface area contributed by atoms with Crippen molar-refractivity contribution in [3.05, 3.63) is 23.0 Å². The molecule has 2 heteroatoms. The van der Waals surface area contributed by atoms with Gasteiger partial charge in [-0.15, -0.1) is 0 Å². The van der Waals surface area contributed by atoms with Crippen LogP contribution >= 0.6 is 0 Å². The van der Waals surface area contributed by atoms with E-state index in [1.54, 1.807) is 0 Å². The van der Waals surface area contributed by atoms with Crippen molar-refractivity contribution in [3.63, 3.8) is 0 Å². The Morgan fingerprint density at radius 2 is 2.08 bits per heavy atom. The van der Waals surface area contributed by atoms with Crippen molar-refractivity contribution in [2.75, 3.05) is 0 Å². The number of carbonyl (C=O) groups is 1. The van der Waals surface area contributed by atoms with Gasteiger partial charge in [0.05, 0.1) is 0 Å². The molecule has 1 aliphatic carbocycles. The lowest BCUT2D eigenvalue weighted by Gasteiger charge is -2.08. The first-order valence-electron chi connectivity index (χ1n) is 4.83. The van der Waals surface area contributed by atoms with Crippen LogP contribution < -0.4 is 0 Å². The van der Waals surface area contributed by atoms with E-state index in [9.17, 15) is 4.79 Å². The second kappa shape index (κ2) is 2.72. The van der Waals surface area contributed by atoms with Crippen molar-refractivity contribution in [2.24, 2.45) is 7.05 Å². The van der Waals surface area contributed by atoms with E-state index in [1.807, 2.05) is 0 Å². The van der Waals surface area contributed by atoms with Crippen molar-refractivity contribution in [3.8, 4) is 0 Å². The molecule has 1 aromatic heterocycles. The molecule has 2 nitrogen and oxygen atoms in total. The Hall–Kier alpha value is -1.05. The van der Waals surface area contributed by atoms with Crippen LogP contribution in [0, 0.1) is 0 Å². The molecular formula is C11H15NO. The lowest BCUT2D eigenvalue weighted by atomic mass is 10.1. The Kier molecular flexibility index (Phi) is 1.79. The Morgan fingerprint density at radius 3 is 2.62 bits per heavy atom. The summed E-state index contributed by atoms with van der Waals surface area (Å²) in [7, 11) is 2.06. The van der Waals surface area contributed by atoms with Crippen LogP contribution in [0.5, 0.6) is 0 Å². The molecular weight excluding hydrogens is 162 g/mol. The third-order valence-corrected chi connectivity index (χ3v) is 2.88. The molecule has 1 heterocycles. The molecule has 1 aromatic rings. The summed E-state index contributed by atoms with van der Waals surface area (Å²) in [4.78, 5) is 11.4. The van der Waals surface area contributed by atoms with Crippen LogP contribution in [0.3, 0.4) is 0 Å². The van der Waals surface area contributed by atoms with Crippen LogP contribution in [-0.4, -0.2) is 10.4 Å². The van der Waals surface area contributed by atoms with Crippen molar-refractivity contribution in [1.29, 1.82) is 0 Å². The van der Waals surface area contributed by atoms with E-state index in [1.165, 1.54) is 11.4 Å². The predicted molar refractivity (Wildman–Crippen MR) is 52.2 cm³/mol. The van der Waals surface area contributed by atoms with Gasteiger partial charge in [-0.2, -0.15) is 0 Å². The van der Waals surface area contributed by atoms with Gasteiger partial charge in [-0.3, -0.25) is 4.79 Å². The maximum atomic E-state index is 11.4. The van der Waals surface area contributed by atoms with Crippen LogP contribution in [0.25, 0.3) is 0 Å². The van der Waals surface area contributed by atoms with E-state index in [-0.39, 0.29) is 0 Å². The Balaban J connectivity index is 2.55. The zero-order valence-electron chi connectivity index (χ0n) is 8.42. The van der Waals surface area contributed by atoms with Crippen molar-refractivity contribution < 1.29 is 4.79 Å². The zero-order chi connectivity index (χ0) is 9.59. The third-order valence-electron chi connectivity index (χ3n) is 2.88. The lowest BCUT2D eigenvalue weighted by molar-refractivity contribution is 0.0994. The number of fused-ring (bicyclic) bond motifs is 1. The third kappa shape index (κ3) is 1.12. The number of aromatic nitrogens is 1. The summed E-state index contributed by atoms with van der Waals surface area (Å²) in [5, 5.41) is 0. The molecule has 0 aliphatic heterocycles. The standard InChI is InChI=1S/C11H15NO/c1-7(2)10-6-8-9(12(10)3)4-5-11(8)13/h6-7H,4-5H2,1-3H3. The minimum Gasteiger partial charge on any atom is -0.351 e.